The van der Waals surface area contributed by atoms with Crippen LogP contribution in [0.5, 0.6) is 0 Å². The van der Waals surface area contributed by atoms with Gasteiger partial charge in [-0.05, 0) is 12.1 Å². The standard InChI is InChI=1S/C9H12ClN3O2S/c1-13(5-4-8(11)12-15)9(14)6-2-3-7(10)16-6/h2-3,15H,4-5H2,1H3,(H2,11,12). The van der Waals surface area contributed by atoms with Crippen molar-refractivity contribution < 1.29 is 10.0 Å². The molecule has 0 unspecified atom stereocenters. The number of hydrogen-bond acceptors (Lipinski definition) is 4. The zero-order chi connectivity index (χ0) is 12.1. The second-order valence-electron chi connectivity index (χ2n) is 3.17. The zero-order valence-electron chi connectivity index (χ0n) is 8.68. The van der Waals surface area contributed by atoms with E-state index >= 15 is 0 Å². The molecular weight excluding hydrogens is 250 g/mol. The number of amides is 1. The van der Waals surface area contributed by atoms with Crippen LogP contribution < -0.4 is 5.73 Å². The summed E-state index contributed by atoms with van der Waals surface area (Å²) in [5, 5.41) is 11.2. The highest BCUT2D eigenvalue weighted by Gasteiger charge is 2.13. The van der Waals surface area contributed by atoms with Gasteiger partial charge in [-0.15, -0.1) is 11.3 Å². The Morgan fingerprint density at radius 1 is 1.69 bits per heavy atom. The van der Waals surface area contributed by atoms with Gasteiger partial charge in [-0.2, -0.15) is 0 Å². The van der Waals surface area contributed by atoms with Crippen molar-refractivity contribution >= 4 is 34.7 Å². The van der Waals surface area contributed by atoms with Gasteiger partial charge < -0.3 is 15.8 Å². The molecule has 0 aliphatic carbocycles. The van der Waals surface area contributed by atoms with E-state index in [1.54, 1.807) is 19.2 Å². The summed E-state index contributed by atoms with van der Waals surface area (Å²) >= 11 is 6.96. The summed E-state index contributed by atoms with van der Waals surface area (Å²) in [4.78, 5) is 13.9. The van der Waals surface area contributed by atoms with E-state index in [-0.39, 0.29) is 11.7 Å². The molecule has 0 aromatic carbocycles. The number of halogens is 1. The van der Waals surface area contributed by atoms with Gasteiger partial charge in [0.25, 0.3) is 5.91 Å². The first-order chi connectivity index (χ1) is 7.54. The molecule has 1 amide bonds. The fraction of sp³-hybridized carbons (Fsp3) is 0.333. The number of carbonyl (C=O) groups is 1. The number of thiophene rings is 1. The maximum absolute atomic E-state index is 11.8. The monoisotopic (exact) mass is 261 g/mol. The van der Waals surface area contributed by atoms with E-state index in [1.165, 1.54) is 16.2 Å². The van der Waals surface area contributed by atoms with Gasteiger partial charge >= 0.3 is 0 Å². The van der Waals surface area contributed by atoms with E-state index in [0.29, 0.717) is 22.2 Å². The Morgan fingerprint density at radius 2 is 2.38 bits per heavy atom. The molecule has 0 aliphatic heterocycles. The van der Waals surface area contributed by atoms with Gasteiger partial charge in [-0.1, -0.05) is 16.8 Å². The highest BCUT2D eigenvalue weighted by Crippen LogP contribution is 2.22. The van der Waals surface area contributed by atoms with Crippen LogP contribution in [0.25, 0.3) is 0 Å². The molecule has 1 heterocycles. The van der Waals surface area contributed by atoms with E-state index in [9.17, 15) is 4.79 Å². The molecule has 0 aliphatic rings. The molecule has 0 radical (unpaired) electrons. The molecule has 0 saturated carbocycles. The lowest BCUT2D eigenvalue weighted by atomic mass is 10.3. The Hall–Kier alpha value is -1.27. The van der Waals surface area contributed by atoms with Crippen molar-refractivity contribution in [2.24, 2.45) is 10.9 Å². The summed E-state index contributed by atoms with van der Waals surface area (Å²) in [6.07, 6.45) is 0.331. The second-order valence-corrected chi connectivity index (χ2v) is 4.89. The van der Waals surface area contributed by atoms with Crippen molar-refractivity contribution in [3.63, 3.8) is 0 Å². The lowest BCUT2D eigenvalue weighted by molar-refractivity contribution is 0.0803. The van der Waals surface area contributed by atoms with E-state index in [0.717, 1.165) is 0 Å². The lowest BCUT2D eigenvalue weighted by Gasteiger charge is -2.15. The first kappa shape index (κ1) is 12.8. The zero-order valence-corrected chi connectivity index (χ0v) is 10.3. The summed E-state index contributed by atoms with van der Waals surface area (Å²) in [6, 6.07) is 3.35. The van der Waals surface area contributed by atoms with Crippen molar-refractivity contribution in [1.82, 2.24) is 4.90 Å². The number of rotatable bonds is 4. The molecule has 1 aromatic heterocycles. The second kappa shape index (κ2) is 5.72. The summed E-state index contributed by atoms with van der Waals surface area (Å²) in [5.41, 5.74) is 5.31. The number of hydrogen-bond donors (Lipinski definition) is 2. The van der Waals surface area contributed by atoms with Crippen molar-refractivity contribution in [3.05, 3.63) is 21.3 Å². The predicted octanol–water partition coefficient (Wildman–Crippen LogP) is 1.61. The van der Waals surface area contributed by atoms with E-state index < -0.39 is 0 Å². The topological polar surface area (TPSA) is 78.9 Å². The van der Waals surface area contributed by atoms with Gasteiger partial charge in [0.15, 0.2) is 0 Å². The van der Waals surface area contributed by atoms with Crippen molar-refractivity contribution in [2.75, 3.05) is 13.6 Å². The van der Waals surface area contributed by atoms with Gasteiger partial charge in [0.1, 0.15) is 5.84 Å². The summed E-state index contributed by atoms with van der Waals surface area (Å²) in [5.74, 6) is -0.0218. The average molecular weight is 262 g/mol. The van der Waals surface area contributed by atoms with Crippen LogP contribution in [0.1, 0.15) is 16.1 Å². The van der Waals surface area contributed by atoms with Gasteiger partial charge in [-0.25, -0.2) is 0 Å². The van der Waals surface area contributed by atoms with Gasteiger partial charge in [0.05, 0.1) is 9.21 Å². The molecule has 0 spiro atoms. The van der Waals surface area contributed by atoms with Crippen LogP contribution in [-0.4, -0.2) is 35.4 Å². The largest absolute Gasteiger partial charge is 0.409 e. The van der Waals surface area contributed by atoms with Crippen molar-refractivity contribution in [2.45, 2.75) is 6.42 Å². The third-order valence-corrected chi connectivity index (χ3v) is 3.18. The van der Waals surface area contributed by atoms with Crippen molar-refractivity contribution in [3.8, 4) is 0 Å². The Morgan fingerprint density at radius 3 is 2.88 bits per heavy atom. The van der Waals surface area contributed by atoms with Crippen LogP contribution in [0, 0.1) is 0 Å². The number of carbonyl (C=O) groups excluding carboxylic acids is 1. The molecule has 88 valence electrons. The number of amidine groups is 1. The van der Waals surface area contributed by atoms with Crippen LogP contribution in [-0.2, 0) is 0 Å². The van der Waals surface area contributed by atoms with E-state index in [4.69, 9.17) is 22.5 Å². The molecule has 1 rings (SSSR count). The SMILES string of the molecule is CN(CCC(N)=NO)C(=O)c1ccc(Cl)s1. The summed E-state index contributed by atoms with van der Waals surface area (Å²) in [6.45, 7) is 0.393. The molecule has 0 fully saturated rings. The predicted molar refractivity (Wildman–Crippen MR) is 64.3 cm³/mol. The van der Waals surface area contributed by atoms with Crippen molar-refractivity contribution in [1.29, 1.82) is 0 Å². The molecule has 0 saturated heterocycles. The quantitative estimate of drug-likeness (QED) is 0.374. The number of nitrogens with zero attached hydrogens (tertiary/aromatic N) is 2. The minimum atomic E-state index is -0.123. The Labute approximate surface area is 102 Å². The number of oxime groups is 1. The highest BCUT2D eigenvalue weighted by molar-refractivity contribution is 7.17. The first-order valence-electron chi connectivity index (χ1n) is 4.51. The maximum Gasteiger partial charge on any atom is 0.263 e. The lowest BCUT2D eigenvalue weighted by Crippen LogP contribution is -2.30. The van der Waals surface area contributed by atoms with Crippen LogP contribution >= 0.6 is 22.9 Å². The third-order valence-electron chi connectivity index (χ3n) is 1.96. The Balaban J connectivity index is 2.54. The average Bonchev–Trinajstić information content (AvgIpc) is 2.71. The Bertz CT molecular complexity index is 405. The highest BCUT2D eigenvalue weighted by atomic mass is 35.5. The fourth-order valence-electron chi connectivity index (χ4n) is 1.05. The van der Waals surface area contributed by atoms with Crippen LogP contribution in [0.15, 0.2) is 17.3 Å². The molecule has 0 bridgehead atoms. The summed E-state index contributed by atoms with van der Waals surface area (Å²) < 4.78 is 0.577. The smallest absolute Gasteiger partial charge is 0.263 e. The van der Waals surface area contributed by atoms with Crippen LogP contribution in [0.3, 0.4) is 0 Å². The molecule has 7 heteroatoms. The van der Waals surface area contributed by atoms with E-state index in [2.05, 4.69) is 5.16 Å². The third kappa shape index (κ3) is 3.39. The molecule has 16 heavy (non-hydrogen) atoms. The fourth-order valence-corrected chi connectivity index (χ4v) is 2.09. The van der Waals surface area contributed by atoms with Gasteiger partial charge in [-0.3, -0.25) is 4.79 Å². The maximum atomic E-state index is 11.8. The normalized spacial score (nSPS) is 11.5. The minimum absolute atomic E-state index is 0.101. The molecule has 0 atom stereocenters. The molecule has 5 nitrogen and oxygen atoms in total. The first-order valence-corrected chi connectivity index (χ1v) is 5.71. The van der Waals surface area contributed by atoms with Gasteiger partial charge in [0, 0.05) is 20.0 Å². The van der Waals surface area contributed by atoms with Crippen LogP contribution in [0.2, 0.25) is 4.34 Å². The summed E-state index contributed by atoms with van der Waals surface area (Å²) in [7, 11) is 1.65. The van der Waals surface area contributed by atoms with Gasteiger partial charge in [0.2, 0.25) is 0 Å². The Kier molecular flexibility index (Phi) is 4.57. The van der Waals surface area contributed by atoms with Crippen LogP contribution in [0.4, 0.5) is 0 Å². The minimum Gasteiger partial charge on any atom is -0.409 e. The molecular formula is C9H12ClN3O2S. The molecule has 3 N–H and O–H groups in total. The van der Waals surface area contributed by atoms with E-state index in [1.807, 2.05) is 0 Å². The molecule has 1 aromatic rings. The number of nitrogens with two attached hydrogens (primary N) is 1.